The topological polar surface area (TPSA) is 115 Å². The molecule has 1 spiro atoms. The third kappa shape index (κ3) is 3.32. The molecule has 5 rings (SSSR count). The molecule has 1 atom stereocenters. The number of aromatic nitrogens is 1. The van der Waals surface area contributed by atoms with E-state index in [-0.39, 0.29) is 47.0 Å². The quantitative estimate of drug-likeness (QED) is 0.696. The number of primary amides is 1. The minimum Gasteiger partial charge on any atom is -0.474 e. The van der Waals surface area contributed by atoms with Crippen LogP contribution in [0.3, 0.4) is 0 Å². The van der Waals surface area contributed by atoms with E-state index < -0.39 is 5.91 Å². The van der Waals surface area contributed by atoms with Gasteiger partial charge in [-0.25, -0.2) is 9.78 Å². The van der Waals surface area contributed by atoms with E-state index in [1.165, 1.54) is 30.6 Å². The second kappa shape index (κ2) is 7.25. The van der Waals surface area contributed by atoms with Gasteiger partial charge in [0, 0.05) is 12.2 Å². The zero-order valence-corrected chi connectivity index (χ0v) is 17.0. The summed E-state index contributed by atoms with van der Waals surface area (Å²) >= 11 is 0. The van der Waals surface area contributed by atoms with Gasteiger partial charge < -0.3 is 15.8 Å². The van der Waals surface area contributed by atoms with Crippen LogP contribution < -0.4 is 15.8 Å². The van der Waals surface area contributed by atoms with E-state index in [0.717, 1.165) is 32.1 Å². The van der Waals surface area contributed by atoms with Gasteiger partial charge in [-0.1, -0.05) is 25.7 Å². The fraction of sp³-hybridized carbons (Fsp3) is 0.636. The van der Waals surface area contributed by atoms with E-state index in [2.05, 4.69) is 10.3 Å². The molecule has 160 valence electrons. The number of carbonyl (C=O) groups is 3. The average molecular weight is 412 g/mol. The van der Waals surface area contributed by atoms with Gasteiger partial charge in [0.15, 0.2) is 0 Å². The maximum atomic E-state index is 12.8. The number of nitrogens with one attached hydrogen (secondary N) is 1. The van der Waals surface area contributed by atoms with Crippen LogP contribution in [0, 0.1) is 11.3 Å². The molecule has 0 bridgehead atoms. The van der Waals surface area contributed by atoms with Crippen LogP contribution in [0.15, 0.2) is 18.3 Å². The van der Waals surface area contributed by atoms with Crippen LogP contribution >= 0.6 is 0 Å². The molecule has 1 aromatic heterocycles. The van der Waals surface area contributed by atoms with Gasteiger partial charge in [0.05, 0.1) is 0 Å². The predicted octanol–water partition coefficient (Wildman–Crippen LogP) is 2.37. The largest absolute Gasteiger partial charge is 0.474 e. The molecular weight excluding hydrogens is 384 g/mol. The summed E-state index contributed by atoms with van der Waals surface area (Å²) in [7, 11) is 0. The number of pyridine rings is 1. The SMILES string of the molecule is NC(=O)c1cccnc1OC1CC2(C1)CC(N1C(=O)NC(CC3CCCC3)C1=O)C2. The van der Waals surface area contributed by atoms with Gasteiger partial charge in [0.25, 0.3) is 11.8 Å². The molecule has 2 heterocycles. The number of imide groups is 1. The number of ether oxygens (including phenoxy) is 1. The molecule has 1 aromatic rings. The Morgan fingerprint density at radius 3 is 2.67 bits per heavy atom. The van der Waals surface area contributed by atoms with Gasteiger partial charge in [-0.2, -0.15) is 0 Å². The van der Waals surface area contributed by atoms with Gasteiger partial charge in [-0.15, -0.1) is 0 Å². The van der Waals surface area contributed by atoms with Crippen molar-refractivity contribution in [3.05, 3.63) is 23.9 Å². The minimum atomic E-state index is -0.554. The van der Waals surface area contributed by atoms with Crippen molar-refractivity contribution in [3.8, 4) is 5.88 Å². The lowest BCUT2D eigenvalue weighted by Crippen LogP contribution is -2.60. The van der Waals surface area contributed by atoms with Crippen LogP contribution in [0.25, 0.3) is 0 Å². The van der Waals surface area contributed by atoms with E-state index in [0.29, 0.717) is 5.92 Å². The third-order valence-corrected chi connectivity index (χ3v) is 7.43. The molecule has 8 nitrogen and oxygen atoms in total. The first-order valence-corrected chi connectivity index (χ1v) is 11.0. The summed E-state index contributed by atoms with van der Waals surface area (Å²) in [4.78, 5) is 42.4. The molecule has 3 saturated carbocycles. The molecule has 4 fully saturated rings. The van der Waals surface area contributed by atoms with Gasteiger partial charge in [0.1, 0.15) is 17.7 Å². The Balaban J connectivity index is 1.13. The van der Waals surface area contributed by atoms with E-state index in [4.69, 9.17) is 10.5 Å². The zero-order valence-electron chi connectivity index (χ0n) is 17.0. The van der Waals surface area contributed by atoms with Crippen molar-refractivity contribution in [3.63, 3.8) is 0 Å². The lowest BCUT2D eigenvalue weighted by molar-refractivity contribution is -0.141. The normalized spacial score (nSPS) is 33.3. The lowest BCUT2D eigenvalue weighted by atomic mass is 9.52. The van der Waals surface area contributed by atoms with Crippen LogP contribution in [-0.2, 0) is 4.79 Å². The fourth-order valence-corrected chi connectivity index (χ4v) is 5.91. The highest BCUT2D eigenvalue weighted by Crippen LogP contribution is 2.58. The number of carbonyl (C=O) groups excluding carboxylic acids is 3. The number of nitrogens with zero attached hydrogens (tertiary/aromatic N) is 2. The fourth-order valence-electron chi connectivity index (χ4n) is 5.91. The molecule has 1 saturated heterocycles. The first kappa shape index (κ1) is 19.3. The van der Waals surface area contributed by atoms with Crippen LogP contribution in [0.1, 0.15) is 68.1 Å². The predicted molar refractivity (Wildman–Crippen MR) is 108 cm³/mol. The van der Waals surface area contributed by atoms with Crippen LogP contribution in [-0.4, -0.2) is 45.9 Å². The molecule has 3 aliphatic carbocycles. The van der Waals surface area contributed by atoms with Crippen molar-refractivity contribution in [2.24, 2.45) is 17.1 Å². The van der Waals surface area contributed by atoms with Crippen molar-refractivity contribution >= 4 is 17.8 Å². The first-order chi connectivity index (χ1) is 14.4. The summed E-state index contributed by atoms with van der Waals surface area (Å²) in [6.45, 7) is 0. The first-order valence-electron chi connectivity index (χ1n) is 11.0. The zero-order chi connectivity index (χ0) is 20.9. The van der Waals surface area contributed by atoms with Crippen LogP contribution in [0.2, 0.25) is 0 Å². The monoisotopic (exact) mass is 412 g/mol. The highest BCUT2D eigenvalue weighted by atomic mass is 16.5. The third-order valence-electron chi connectivity index (χ3n) is 7.43. The Labute approximate surface area is 175 Å². The Bertz CT molecular complexity index is 868. The van der Waals surface area contributed by atoms with Gasteiger partial charge >= 0.3 is 6.03 Å². The van der Waals surface area contributed by atoms with E-state index in [1.807, 2.05) is 0 Å². The standard InChI is InChI=1S/C22H28N4O4/c23-18(27)16-6-3-7-24-19(16)30-15-11-22(12-15)9-14(10-22)26-20(28)17(25-21(26)29)8-13-4-1-2-5-13/h3,6-7,13-15,17H,1-2,4-5,8-12H2,(H2,23,27)(H,25,29). The van der Waals surface area contributed by atoms with E-state index >= 15 is 0 Å². The van der Waals surface area contributed by atoms with Gasteiger partial charge in [-0.05, 0) is 55.6 Å². The maximum absolute atomic E-state index is 12.8. The highest BCUT2D eigenvalue weighted by molar-refractivity contribution is 6.04. The smallest absolute Gasteiger partial charge is 0.325 e. The molecule has 8 heteroatoms. The number of amides is 4. The van der Waals surface area contributed by atoms with Crippen LogP contribution in [0.4, 0.5) is 4.79 Å². The second-order valence-electron chi connectivity index (χ2n) is 9.53. The molecule has 0 radical (unpaired) electrons. The summed E-state index contributed by atoms with van der Waals surface area (Å²) in [5.74, 6) is 0.248. The molecule has 1 unspecified atom stereocenters. The number of nitrogens with two attached hydrogens (primary N) is 1. The Morgan fingerprint density at radius 2 is 1.97 bits per heavy atom. The molecule has 30 heavy (non-hydrogen) atoms. The molecule has 3 N–H and O–H groups in total. The summed E-state index contributed by atoms with van der Waals surface area (Å²) in [5.41, 5.74) is 5.80. The molecule has 4 amide bonds. The van der Waals surface area contributed by atoms with Crippen molar-refractivity contribution < 1.29 is 19.1 Å². The number of urea groups is 1. The average Bonchev–Trinajstić information content (AvgIpc) is 3.25. The molecule has 0 aromatic carbocycles. The van der Waals surface area contributed by atoms with Crippen molar-refractivity contribution in [1.82, 2.24) is 15.2 Å². The molecule has 4 aliphatic rings. The second-order valence-corrected chi connectivity index (χ2v) is 9.53. The number of hydrogen-bond acceptors (Lipinski definition) is 5. The Morgan fingerprint density at radius 1 is 1.23 bits per heavy atom. The Hall–Kier alpha value is -2.64. The van der Waals surface area contributed by atoms with E-state index in [9.17, 15) is 14.4 Å². The van der Waals surface area contributed by atoms with Crippen molar-refractivity contribution in [2.75, 3.05) is 0 Å². The minimum absolute atomic E-state index is 0.0111. The summed E-state index contributed by atoms with van der Waals surface area (Å²) in [6.07, 6.45) is 10.5. The van der Waals surface area contributed by atoms with Crippen LogP contribution in [0.5, 0.6) is 5.88 Å². The van der Waals surface area contributed by atoms with E-state index in [1.54, 1.807) is 18.3 Å². The lowest BCUT2D eigenvalue weighted by Gasteiger charge is -2.58. The molecular formula is C22H28N4O4. The number of rotatable bonds is 6. The summed E-state index contributed by atoms with van der Waals surface area (Å²) < 4.78 is 5.90. The highest BCUT2D eigenvalue weighted by Gasteiger charge is 2.58. The van der Waals surface area contributed by atoms with Crippen molar-refractivity contribution in [1.29, 1.82) is 0 Å². The number of hydrogen-bond donors (Lipinski definition) is 2. The summed E-state index contributed by atoms with van der Waals surface area (Å²) in [5, 5.41) is 2.91. The Kier molecular flexibility index (Phi) is 4.67. The maximum Gasteiger partial charge on any atom is 0.325 e. The van der Waals surface area contributed by atoms with Crippen molar-refractivity contribution in [2.45, 2.75) is 76.0 Å². The van der Waals surface area contributed by atoms with Gasteiger partial charge in [-0.3, -0.25) is 14.5 Å². The van der Waals surface area contributed by atoms with Gasteiger partial charge in [0.2, 0.25) is 5.88 Å². The molecule has 1 aliphatic heterocycles. The summed E-state index contributed by atoms with van der Waals surface area (Å²) in [6, 6.07) is 2.69.